The summed E-state index contributed by atoms with van der Waals surface area (Å²) in [5.74, 6) is 0. The highest BCUT2D eigenvalue weighted by molar-refractivity contribution is 9.10. The summed E-state index contributed by atoms with van der Waals surface area (Å²) in [6.45, 7) is 0. The highest BCUT2D eigenvalue weighted by Gasteiger charge is 2.09. The van der Waals surface area contributed by atoms with Gasteiger partial charge in [0, 0.05) is 15.7 Å². The summed E-state index contributed by atoms with van der Waals surface area (Å²) in [4.78, 5) is 11.7. The second-order valence-corrected chi connectivity index (χ2v) is 5.53. The van der Waals surface area contributed by atoms with Gasteiger partial charge < -0.3 is 4.98 Å². The van der Waals surface area contributed by atoms with E-state index >= 15 is 0 Å². The molecule has 19 heavy (non-hydrogen) atoms. The van der Waals surface area contributed by atoms with Gasteiger partial charge in [-0.05, 0) is 40.4 Å². The Morgan fingerprint density at radius 3 is 2.84 bits per heavy atom. The van der Waals surface area contributed by atoms with E-state index in [4.69, 9.17) is 11.6 Å². The first kappa shape index (κ1) is 12.6. The summed E-state index contributed by atoms with van der Waals surface area (Å²) in [5.41, 5.74) is 3.02. The predicted molar refractivity (Wildman–Crippen MR) is 80.4 cm³/mol. The maximum absolute atomic E-state index is 6.17. The smallest absolute Gasteiger partial charge is 0.142 e. The molecule has 0 aliphatic carbocycles. The fourth-order valence-corrected chi connectivity index (χ4v) is 2.89. The third kappa shape index (κ3) is 2.51. The molecular weight excluding hydrogens is 326 g/mol. The van der Waals surface area contributed by atoms with E-state index in [-0.39, 0.29) is 0 Å². The van der Waals surface area contributed by atoms with Gasteiger partial charge in [-0.2, -0.15) is 0 Å². The molecule has 0 atom stereocenters. The van der Waals surface area contributed by atoms with Crippen molar-refractivity contribution in [2.45, 2.75) is 12.8 Å². The van der Waals surface area contributed by atoms with Crippen molar-refractivity contribution in [2.75, 3.05) is 0 Å². The normalized spacial score (nSPS) is 11.1. The molecular formula is C14H11BrClN3. The fourth-order valence-electron chi connectivity index (χ4n) is 2.13. The van der Waals surface area contributed by atoms with Crippen molar-refractivity contribution >= 4 is 38.6 Å². The Morgan fingerprint density at radius 2 is 2.00 bits per heavy atom. The number of fused-ring (bicyclic) bond motifs is 1. The number of aryl methyl sites for hydroxylation is 2. The second-order valence-electron chi connectivity index (χ2n) is 4.27. The van der Waals surface area contributed by atoms with Crippen LogP contribution in [0.1, 0.15) is 11.3 Å². The van der Waals surface area contributed by atoms with Gasteiger partial charge in [-0.15, -0.1) is 0 Å². The van der Waals surface area contributed by atoms with Gasteiger partial charge in [0.15, 0.2) is 0 Å². The molecule has 0 fully saturated rings. The molecule has 0 saturated carbocycles. The summed E-state index contributed by atoms with van der Waals surface area (Å²) in [7, 11) is 0. The van der Waals surface area contributed by atoms with Gasteiger partial charge in [0.05, 0.1) is 11.1 Å². The van der Waals surface area contributed by atoms with Crippen LogP contribution in [0.4, 0.5) is 0 Å². The van der Waals surface area contributed by atoms with E-state index < -0.39 is 0 Å². The lowest BCUT2D eigenvalue weighted by atomic mass is 10.1. The first-order valence-electron chi connectivity index (χ1n) is 5.95. The van der Waals surface area contributed by atoms with E-state index in [0.29, 0.717) is 0 Å². The Hall–Kier alpha value is -1.39. The van der Waals surface area contributed by atoms with Crippen LogP contribution in [-0.4, -0.2) is 15.0 Å². The predicted octanol–water partition coefficient (Wildman–Crippen LogP) is 4.16. The van der Waals surface area contributed by atoms with Crippen molar-refractivity contribution in [1.82, 2.24) is 15.0 Å². The van der Waals surface area contributed by atoms with Gasteiger partial charge in [0.25, 0.3) is 0 Å². The average Bonchev–Trinajstić information content (AvgIpc) is 2.80. The zero-order valence-corrected chi connectivity index (χ0v) is 12.4. The van der Waals surface area contributed by atoms with Crippen molar-refractivity contribution in [3.63, 3.8) is 0 Å². The van der Waals surface area contributed by atoms with Crippen LogP contribution < -0.4 is 0 Å². The maximum Gasteiger partial charge on any atom is 0.142 e. The zero-order valence-electron chi connectivity index (χ0n) is 10.0. The molecule has 96 valence electrons. The largest absolute Gasteiger partial charge is 0.345 e. The van der Waals surface area contributed by atoms with Crippen LogP contribution in [0.2, 0.25) is 5.02 Å². The Kier molecular flexibility index (Phi) is 3.53. The van der Waals surface area contributed by atoms with Crippen molar-refractivity contribution < 1.29 is 0 Å². The molecule has 1 aromatic carbocycles. The molecule has 5 heteroatoms. The average molecular weight is 337 g/mol. The number of rotatable bonds is 3. The highest BCUT2D eigenvalue weighted by Crippen LogP contribution is 2.25. The lowest BCUT2D eigenvalue weighted by molar-refractivity contribution is 0.916. The Morgan fingerprint density at radius 1 is 1.16 bits per heavy atom. The molecule has 2 aromatic heterocycles. The number of benzene rings is 1. The number of nitrogens with zero attached hydrogens (tertiary/aromatic N) is 2. The number of nitrogens with one attached hydrogen (secondary N) is 1. The second kappa shape index (κ2) is 5.31. The third-order valence-electron chi connectivity index (χ3n) is 3.09. The number of hydrogen-bond acceptors (Lipinski definition) is 2. The molecule has 2 heterocycles. The van der Waals surface area contributed by atoms with Crippen molar-refractivity contribution in [3.8, 4) is 0 Å². The number of halogens is 2. The molecule has 1 N–H and O–H groups in total. The Balaban J connectivity index is 1.90. The first-order valence-corrected chi connectivity index (χ1v) is 7.12. The minimum absolute atomic E-state index is 0.806. The molecule has 0 aliphatic rings. The molecule has 0 aliphatic heterocycles. The van der Waals surface area contributed by atoms with Crippen LogP contribution in [0.5, 0.6) is 0 Å². The quantitative estimate of drug-likeness (QED) is 0.780. The standard InChI is InChI=1S/C14H11BrClN3/c15-10-7-17-14-13(10)12(18-8-19-14)6-5-9-3-1-2-4-11(9)16/h1-4,7-8H,5-6H2,(H,17,18,19). The monoisotopic (exact) mass is 335 g/mol. The summed E-state index contributed by atoms with van der Waals surface area (Å²) in [6, 6.07) is 7.91. The van der Waals surface area contributed by atoms with Crippen molar-refractivity contribution in [1.29, 1.82) is 0 Å². The van der Waals surface area contributed by atoms with E-state index in [0.717, 1.165) is 44.6 Å². The summed E-state index contributed by atoms with van der Waals surface area (Å²) < 4.78 is 0.997. The molecule has 0 saturated heterocycles. The van der Waals surface area contributed by atoms with Gasteiger partial charge in [-0.25, -0.2) is 9.97 Å². The van der Waals surface area contributed by atoms with E-state index in [1.807, 2.05) is 30.5 Å². The lowest BCUT2D eigenvalue weighted by Gasteiger charge is -2.05. The minimum atomic E-state index is 0.806. The molecule has 3 nitrogen and oxygen atoms in total. The molecule has 3 aromatic rings. The molecule has 0 unspecified atom stereocenters. The van der Waals surface area contributed by atoms with Gasteiger partial charge in [0.2, 0.25) is 0 Å². The first-order chi connectivity index (χ1) is 9.25. The van der Waals surface area contributed by atoms with Crippen LogP contribution in [-0.2, 0) is 12.8 Å². The minimum Gasteiger partial charge on any atom is -0.345 e. The van der Waals surface area contributed by atoms with Crippen LogP contribution in [0, 0.1) is 0 Å². The number of aromatic nitrogens is 3. The zero-order chi connectivity index (χ0) is 13.2. The molecule has 0 spiro atoms. The van der Waals surface area contributed by atoms with Gasteiger partial charge in [-0.3, -0.25) is 0 Å². The Bertz CT molecular complexity index is 724. The van der Waals surface area contributed by atoms with Crippen LogP contribution in [0.3, 0.4) is 0 Å². The van der Waals surface area contributed by atoms with Crippen LogP contribution >= 0.6 is 27.5 Å². The van der Waals surface area contributed by atoms with Gasteiger partial charge in [-0.1, -0.05) is 29.8 Å². The van der Waals surface area contributed by atoms with Crippen molar-refractivity contribution in [3.05, 3.63) is 57.5 Å². The fraction of sp³-hybridized carbons (Fsp3) is 0.143. The lowest BCUT2D eigenvalue weighted by Crippen LogP contribution is -1.97. The molecule has 0 radical (unpaired) electrons. The topological polar surface area (TPSA) is 41.6 Å². The summed E-state index contributed by atoms with van der Waals surface area (Å²) in [6.07, 6.45) is 5.17. The highest BCUT2D eigenvalue weighted by atomic mass is 79.9. The van der Waals surface area contributed by atoms with E-state index in [9.17, 15) is 0 Å². The Labute approximate surface area is 124 Å². The molecule has 0 amide bonds. The number of hydrogen-bond donors (Lipinski definition) is 1. The van der Waals surface area contributed by atoms with E-state index in [1.165, 1.54) is 0 Å². The third-order valence-corrected chi connectivity index (χ3v) is 4.08. The van der Waals surface area contributed by atoms with Crippen molar-refractivity contribution in [2.24, 2.45) is 0 Å². The SMILES string of the molecule is Clc1ccccc1CCc1ncnc2[nH]cc(Br)c12. The van der Waals surface area contributed by atoms with Gasteiger partial charge >= 0.3 is 0 Å². The van der Waals surface area contributed by atoms with Crippen LogP contribution in [0.25, 0.3) is 11.0 Å². The maximum atomic E-state index is 6.17. The van der Waals surface area contributed by atoms with Crippen LogP contribution in [0.15, 0.2) is 41.3 Å². The summed E-state index contributed by atoms with van der Waals surface area (Å²) >= 11 is 9.69. The number of aromatic amines is 1. The summed E-state index contributed by atoms with van der Waals surface area (Å²) in [5, 5.41) is 1.86. The molecule has 0 bridgehead atoms. The number of H-pyrrole nitrogens is 1. The van der Waals surface area contributed by atoms with E-state index in [1.54, 1.807) is 6.33 Å². The van der Waals surface area contributed by atoms with Gasteiger partial charge in [0.1, 0.15) is 12.0 Å². The molecule has 3 rings (SSSR count). The van der Waals surface area contributed by atoms with E-state index in [2.05, 4.69) is 30.9 Å².